The summed E-state index contributed by atoms with van der Waals surface area (Å²) in [6.45, 7) is 10.9. The van der Waals surface area contributed by atoms with Gasteiger partial charge in [0.25, 0.3) is 0 Å². The van der Waals surface area contributed by atoms with Gasteiger partial charge in [0.05, 0.1) is 24.8 Å². The molecule has 1 aliphatic heterocycles. The second-order valence-corrected chi connectivity index (χ2v) is 8.90. The number of carbonyl (C=O) groups is 1. The highest BCUT2D eigenvalue weighted by Crippen LogP contribution is 2.32. The lowest BCUT2D eigenvalue weighted by Crippen LogP contribution is -2.47. The lowest BCUT2D eigenvalue weighted by molar-refractivity contribution is -0.138. The van der Waals surface area contributed by atoms with Crippen molar-refractivity contribution < 1.29 is 14.1 Å². The minimum absolute atomic E-state index is 0.0732. The highest BCUT2D eigenvalue weighted by atomic mass is 32.2. The van der Waals surface area contributed by atoms with Crippen molar-refractivity contribution in [3.05, 3.63) is 11.6 Å². The summed E-state index contributed by atoms with van der Waals surface area (Å²) in [5.74, 6) is -0.253. The summed E-state index contributed by atoms with van der Waals surface area (Å²) in [6, 6.07) is -0.0732. The first-order valence-electron chi connectivity index (χ1n) is 8.38. The molecule has 0 amide bonds. The van der Waals surface area contributed by atoms with E-state index in [1.54, 1.807) is 0 Å². The molecule has 0 saturated heterocycles. The van der Waals surface area contributed by atoms with Crippen molar-refractivity contribution in [1.29, 1.82) is 0 Å². The fourth-order valence-electron chi connectivity index (χ4n) is 2.64. The molecule has 1 aliphatic rings. The highest BCUT2D eigenvalue weighted by molar-refractivity contribution is 7.90. The number of rotatable bonds is 8. The van der Waals surface area contributed by atoms with Crippen LogP contribution in [-0.4, -0.2) is 38.8 Å². The van der Waals surface area contributed by atoms with Crippen LogP contribution in [0.1, 0.15) is 66.7 Å². The zero-order valence-corrected chi connectivity index (χ0v) is 15.5. The molecule has 0 fully saturated rings. The van der Waals surface area contributed by atoms with Crippen molar-refractivity contribution in [2.24, 2.45) is 0 Å². The van der Waals surface area contributed by atoms with Gasteiger partial charge in [0.1, 0.15) is 4.75 Å². The first-order chi connectivity index (χ1) is 10.3. The fourth-order valence-corrected chi connectivity index (χ4v) is 4.00. The number of hydrogen-bond acceptors (Lipinski definition) is 4. The van der Waals surface area contributed by atoms with E-state index in [-0.39, 0.29) is 16.8 Å². The third-order valence-corrected chi connectivity index (χ3v) is 5.65. The number of carbonyl (C=O) groups excluding carboxylic acids is 1. The molecule has 0 N–H and O–H groups in total. The van der Waals surface area contributed by atoms with Gasteiger partial charge >= 0.3 is 5.97 Å². The molecule has 0 aliphatic carbocycles. The van der Waals surface area contributed by atoms with Crippen LogP contribution < -0.4 is 0 Å². The number of nitrogens with zero attached hydrogens (tertiary/aromatic N) is 1. The van der Waals surface area contributed by atoms with Gasteiger partial charge in [-0.2, -0.15) is 0 Å². The van der Waals surface area contributed by atoms with Crippen molar-refractivity contribution >= 4 is 17.3 Å². The standard InChI is InChI=1S/C17H31NO3S/c1-6-8-9-10-11-15-14(16(19)21-7-2)12-13-18(15)22(20)17(3,4)5/h12,15H,6-11,13H2,1-5H3. The van der Waals surface area contributed by atoms with Gasteiger partial charge in [-0.25, -0.2) is 4.79 Å². The van der Waals surface area contributed by atoms with Gasteiger partial charge in [0.2, 0.25) is 0 Å². The van der Waals surface area contributed by atoms with Crippen LogP contribution in [0.2, 0.25) is 0 Å². The Morgan fingerprint density at radius 1 is 1.36 bits per heavy atom. The third-order valence-electron chi connectivity index (χ3n) is 3.78. The molecule has 0 saturated carbocycles. The summed E-state index contributed by atoms with van der Waals surface area (Å²) >= 11 is -1.12. The molecule has 0 bridgehead atoms. The number of ether oxygens (including phenoxy) is 1. The largest absolute Gasteiger partial charge is 0.597 e. The molecular formula is C17H31NO3S. The summed E-state index contributed by atoms with van der Waals surface area (Å²) in [4.78, 5) is 12.1. The van der Waals surface area contributed by atoms with Crippen LogP contribution in [-0.2, 0) is 20.9 Å². The molecule has 2 atom stereocenters. The minimum atomic E-state index is -1.12. The van der Waals surface area contributed by atoms with Crippen LogP contribution in [0, 0.1) is 0 Å². The van der Waals surface area contributed by atoms with E-state index in [9.17, 15) is 9.35 Å². The van der Waals surface area contributed by atoms with E-state index in [2.05, 4.69) is 6.92 Å². The zero-order chi connectivity index (χ0) is 16.8. The molecule has 0 aromatic rings. The van der Waals surface area contributed by atoms with E-state index in [0.29, 0.717) is 18.7 Å². The molecule has 5 heteroatoms. The first-order valence-corrected chi connectivity index (χ1v) is 9.49. The van der Waals surface area contributed by atoms with E-state index in [4.69, 9.17) is 4.74 Å². The van der Waals surface area contributed by atoms with E-state index in [0.717, 1.165) is 19.3 Å². The number of hydrogen-bond donors (Lipinski definition) is 0. The normalized spacial score (nSPS) is 20.8. The van der Waals surface area contributed by atoms with E-state index < -0.39 is 11.4 Å². The smallest absolute Gasteiger partial charge is 0.335 e. The highest BCUT2D eigenvalue weighted by Gasteiger charge is 2.43. The maximum Gasteiger partial charge on any atom is 0.335 e. The summed E-state index contributed by atoms with van der Waals surface area (Å²) in [5, 5.41) is 0. The predicted molar refractivity (Wildman–Crippen MR) is 91.9 cm³/mol. The Balaban J connectivity index is 2.79. The van der Waals surface area contributed by atoms with Gasteiger partial charge in [0.15, 0.2) is 0 Å². The van der Waals surface area contributed by atoms with E-state index >= 15 is 0 Å². The average molecular weight is 330 g/mol. The molecule has 22 heavy (non-hydrogen) atoms. The van der Waals surface area contributed by atoms with Gasteiger partial charge in [0, 0.05) is 11.4 Å². The minimum Gasteiger partial charge on any atom is -0.597 e. The van der Waals surface area contributed by atoms with Crippen molar-refractivity contribution in [3.63, 3.8) is 0 Å². The topological polar surface area (TPSA) is 52.6 Å². The summed E-state index contributed by atoms with van der Waals surface area (Å²) < 4.78 is 19.5. The SMILES string of the molecule is CCCCCCC1C(C(=O)OCC)=CCN1[S+]([O-])C(C)(C)C. The zero-order valence-electron chi connectivity index (χ0n) is 14.7. The van der Waals surface area contributed by atoms with Gasteiger partial charge in [-0.1, -0.05) is 38.7 Å². The summed E-state index contributed by atoms with van der Waals surface area (Å²) in [5.41, 5.74) is 0.691. The predicted octanol–water partition coefficient (Wildman–Crippen LogP) is 3.59. The van der Waals surface area contributed by atoms with Gasteiger partial charge in [-0.3, -0.25) is 0 Å². The summed E-state index contributed by atoms with van der Waals surface area (Å²) in [6.07, 6.45) is 7.35. The first kappa shape index (κ1) is 19.5. The molecule has 0 spiro atoms. The molecule has 128 valence electrons. The van der Waals surface area contributed by atoms with Crippen LogP contribution >= 0.6 is 0 Å². The molecule has 1 heterocycles. The van der Waals surface area contributed by atoms with Crippen LogP contribution in [0.5, 0.6) is 0 Å². The van der Waals surface area contributed by atoms with Crippen LogP contribution in [0.3, 0.4) is 0 Å². The Morgan fingerprint density at radius 3 is 2.59 bits per heavy atom. The van der Waals surface area contributed by atoms with Gasteiger partial charge in [-0.05, 0) is 34.1 Å². The second-order valence-electron chi connectivity index (χ2n) is 6.71. The molecule has 0 aromatic carbocycles. The Labute approximate surface area is 138 Å². The van der Waals surface area contributed by atoms with E-state index in [1.165, 1.54) is 12.8 Å². The Hall–Kier alpha value is -0.520. The Kier molecular flexibility index (Phi) is 7.94. The Morgan fingerprint density at radius 2 is 2.05 bits per heavy atom. The van der Waals surface area contributed by atoms with Gasteiger partial charge in [-0.15, -0.1) is 4.31 Å². The number of esters is 1. The summed E-state index contributed by atoms with van der Waals surface area (Å²) in [7, 11) is 0. The molecular weight excluding hydrogens is 298 g/mol. The molecule has 4 nitrogen and oxygen atoms in total. The van der Waals surface area contributed by atoms with Crippen molar-refractivity contribution in [2.45, 2.75) is 77.5 Å². The quantitative estimate of drug-likeness (QED) is 0.388. The molecule has 0 aromatic heterocycles. The van der Waals surface area contributed by atoms with Crippen molar-refractivity contribution in [3.8, 4) is 0 Å². The monoisotopic (exact) mass is 329 g/mol. The van der Waals surface area contributed by atoms with Crippen LogP contribution in [0.4, 0.5) is 0 Å². The maximum absolute atomic E-state index is 12.7. The van der Waals surface area contributed by atoms with Crippen molar-refractivity contribution in [1.82, 2.24) is 4.31 Å². The second kappa shape index (κ2) is 8.94. The van der Waals surface area contributed by atoms with E-state index in [1.807, 2.05) is 38.1 Å². The average Bonchev–Trinajstić information content (AvgIpc) is 2.85. The molecule has 2 unspecified atom stereocenters. The number of unbranched alkanes of at least 4 members (excludes halogenated alkanes) is 3. The van der Waals surface area contributed by atoms with Crippen LogP contribution in [0.25, 0.3) is 0 Å². The lowest BCUT2D eigenvalue weighted by atomic mass is 10.0. The van der Waals surface area contributed by atoms with Crippen LogP contribution in [0.15, 0.2) is 11.6 Å². The third kappa shape index (κ3) is 5.28. The van der Waals surface area contributed by atoms with Gasteiger partial charge < -0.3 is 9.29 Å². The Bertz CT molecular complexity index is 390. The molecule has 1 rings (SSSR count). The fraction of sp³-hybridized carbons (Fsp3) is 0.824. The molecule has 0 radical (unpaired) electrons. The van der Waals surface area contributed by atoms with Crippen molar-refractivity contribution in [2.75, 3.05) is 13.2 Å². The lowest BCUT2D eigenvalue weighted by Gasteiger charge is -2.34. The maximum atomic E-state index is 12.7.